The highest BCUT2D eigenvalue weighted by Crippen LogP contribution is 2.14. The third kappa shape index (κ3) is 6.80. The molecule has 0 saturated carbocycles. The summed E-state index contributed by atoms with van der Waals surface area (Å²) in [5.41, 5.74) is -0.587. The standard InChI is InChI=1S/C15H27NO5/c1-10(2)12(13(17)21-15(3,4)5)16-14(18)20-11-6-8-19-9-7-11/h10-12H,6-9H2,1-5H3,(H,16,18). The van der Waals surface area contributed by atoms with Crippen LogP contribution in [-0.2, 0) is 19.0 Å². The molecule has 1 amide bonds. The summed E-state index contributed by atoms with van der Waals surface area (Å²) in [6.07, 6.45) is 0.648. The molecule has 1 saturated heterocycles. The highest BCUT2D eigenvalue weighted by Gasteiger charge is 2.30. The maximum Gasteiger partial charge on any atom is 0.408 e. The van der Waals surface area contributed by atoms with Crippen LogP contribution in [0.1, 0.15) is 47.5 Å². The molecule has 1 aliphatic heterocycles. The first kappa shape index (κ1) is 17.8. The number of ether oxygens (including phenoxy) is 3. The third-order valence-corrected chi connectivity index (χ3v) is 3.04. The van der Waals surface area contributed by atoms with E-state index >= 15 is 0 Å². The fraction of sp³-hybridized carbons (Fsp3) is 0.867. The number of hydrogen-bond acceptors (Lipinski definition) is 5. The van der Waals surface area contributed by atoms with Crippen LogP contribution in [0, 0.1) is 5.92 Å². The number of hydrogen-bond donors (Lipinski definition) is 1. The molecule has 1 atom stereocenters. The normalized spacial score (nSPS) is 18.2. The average Bonchev–Trinajstić information content (AvgIpc) is 2.34. The van der Waals surface area contributed by atoms with Crippen molar-refractivity contribution in [2.24, 2.45) is 5.92 Å². The van der Waals surface area contributed by atoms with Gasteiger partial charge in [0.25, 0.3) is 0 Å². The molecule has 0 aromatic rings. The van der Waals surface area contributed by atoms with E-state index in [0.29, 0.717) is 26.1 Å². The van der Waals surface area contributed by atoms with Crippen LogP contribution in [0.5, 0.6) is 0 Å². The molecule has 21 heavy (non-hydrogen) atoms. The molecule has 1 heterocycles. The lowest BCUT2D eigenvalue weighted by atomic mass is 10.0. The summed E-state index contributed by atoms with van der Waals surface area (Å²) < 4.78 is 15.8. The van der Waals surface area contributed by atoms with Gasteiger partial charge in [-0.15, -0.1) is 0 Å². The van der Waals surface area contributed by atoms with Crippen LogP contribution in [0.3, 0.4) is 0 Å². The summed E-state index contributed by atoms with van der Waals surface area (Å²) in [7, 11) is 0. The molecule has 0 aromatic carbocycles. The number of alkyl carbamates (subject to hydrolysis) is 1. The molecular formula is C15H27NO5. The monoisotopic (exact) mass is 301 g/mol. The molecule has 0 bridgehead atoms. The number of carbonyl (C=O) groups excluding carboxylic acids is 2. The van der Waals surface area contributed by atoms with E-state index in [4.69, 9.17) is 14.2 Å². The summed E-state index contributed by atoms with van der Waals surface area (Å²) in [6, 6.07) is -0.712. The maximum absolute atomic E-state index is 12.1. The van der Waals surface area contributed by atoms with Gasteiger partial charge in [-0.3, -0.25) is 0 Å². The Balaban J connectivity index is 2.52. The predicted molar refractivity (Wildman–Crippen MR) is 77.9 cm³/mol. The number of nitrogens with one attached hydrogen (secondary N) is 1. The minimum Gasteiger partial charge on any atom is -0.458 e. The summed E-state index contributed by atoms with van der Waals surface area (Å²) in [5, 5.41) is 2.61. The Bertz CT molecular complexity index is 356. The Morgan fingerprint density at radius 1 is 1.19 bits per heavy atom. The molecule has 1 aliphatic rings. The van der Waals surface area contributed by atoms with Gasteiger partial charge in [0.05, 0.1) is 13.2 Å². The largest absolute Gasteiger partial charge is 0.458 e. The van der Waals surface area contributed by atoms with E-state index in [0.717, 1.165) is 0 Å². The van der Waals surface area contributed by atoms with E-state index in [2.05, 4.69) is 5.32 Å². The zero-order valence-electron chi connectivity index (χ0n) is 13.6. The van der Waals surface area contributed by atoms with Gasteiger partial charge in [-0.05, 0) is 26.7 Å². The van der Waals surface area contributed by atoms with Gasteiger partial charge in [-0.1, -0.05) is 13.8 Å². The molecule has 0 radical (unpaired) electrons. The molecule has 0 spiro atoms. The highest BCUT2D eigenvalue weighted by atomic mass is 16.6. The van der Waals surface area contributed by atoms with E-state index < -0.39 is 23.7 Å². The van der Waals surface area contributed by atoms with Crippen molar-refractivity contribution >= 4 is 12.1 Å². The number of rotatable bonds is 4. The summed E-state index contributed by atoms with van der Waals surface area (Å²) in [6.45, 7) is 10.3. The van der Waals surface area contributed by atoms with Crippen LogP contribution >= 0.6 is 0 Å². The molecule has 1 fully saturated rings. The van der Waals surface area contributed by atoms with Gasteiger partial charge >= 0.3 is 12.1 Å². The fourth-order valence-corrected chi connectivity index (χ4v) is 1.97. The third-order valence-electron chi connectivity index (χ3n) is 3.04. The molecule has 1 unspecified atom stereocenters. The lowest BCUT2D eigenvalue weighted by Crippen LogP contribution is -2.48. The Morgan fingerprint density at radius 3 is 2.24 bits per heavy atom. The summed E-state index contributed by atoms with van der Waals surface area (Å²) in [4.78, 5) is 24.0. The Morgan fingerprint density at radius 2 is 1.76 bits per heavy atom. The van der Waals surface area contributed by atoms with Crippen molar-refractivity contribution in [2.75, 3.05) is 13.2 Å². The van der Waals surface area contributed by atoms with Crippen molar-refractivity contribution in [2.45, 2.75) is 65.2 Å². The summed E-state index contributed by atoms with van der Waals surface area (Å²) >= 11 is 0. The van der Waals surface area contributed by atoms with E-state index in [-0.39, 0.29) is 12.0 Å². The van der Waals surface area contributed by atoms with Crippen LogP contribution in [0.25, 0.3) is 0 Å². The second-order valence-electron chi connectivity index (χ2n) is 6.62. The second kappa shape index (κ2) is 7.64. The van der Waals surface area contributed by atoms with Crippen LogP contribution in [0.4, 0.5) is 4.79 Å². The Kier molecular flexibility index (Phi) is 6.45. The zero-order valence-corrected chi connectivity index (χ0v) is 13.6. The molecule has 0 aromatic heterocycles. The highest BCUT2D eigenvalue weighted by molar-refractivity contribution is 5.81. The van der Waals surface area contributed by atoms with Gasteiger partial charge in [0.2, 0.25) is 0 Å². The zero-order chi connectivity index (χ0) is 16.0. The van der Waals surface area contributed by atoms with E-state index in [1.807, 2.05) is 13.8 Å². The minimum atomic E-state index is -0.712. The fourth-order valence-electron chi connectivity index (χ4n) is 1.97. The smallest absolute Gasteiger partial charge is 0.408 e. The van der Waals surface area contributed by atoms with E-state index in [9.17, 15) is 9.59 Å². The van der Waals surface area contributed by atoms with Crippen molar-refractivity contribution in [1.82, 2.24) is 5.32 Å². The van der Waals surface area contributed by atoms with Gasteiger partial charge in [0.1, 0.15) is 17.7 Å². The maximum atomic E-state index is 12.1. The quantitative estimate of drug-likeness (QED) is 0.806. The molecule has 122 valence electrons. The van der Waals surface area contributed by atoms with Gasteiger partial charge in [0, 0.05) is 12.8 Å². The van der Waals surface area contributed by atoms with Crippen LogP contribution in [0.15, 0.2) is 0 Å². The first-order chi connectivity index (χ1) is 9.69. The van der Waals surface area contributed by atoms with Crippen molar-refractivity contribution in [3.05, 3.63) is 0 Å². The number of esters is 1. The number of carbonyl (C=O) groups is 2. The molecule has 1 rings (SSSR count). The van der Waals surface area contributed by atoms with Gasteiger partial charge in [-0.2, -0.15) is 0 Å². The van der Waals surface area contributed by atoms with Crippen molar-refractivity contribution in [1.29, 1.82) is 0 Å². The first-order valence-electron chi connectivity index (χ1n) is 7.47. The van der Waals surface area contributed by atoms with Crippen molar-refractivity contribution in [3.63, 3.8) is 0 Å². The van der Waals surface area contributed by atoms with Crippen LogP contribution in [0.2, 0.25) is 0 Å². The second-order valence-corrected chi connectivity index (χ2v) is 6.62. The SMILES string of the molecule is CC(C)C(NC(=O)OC1CCOCC1)C(=O)OC(C)(C)C. The molecule has 1 N–H and O–H groups in total. The summed E-state index contributed by atoms with van der Waals surface area (Å²) in [5.74, 6) is -0.525. The van der Waals surface area contributed by atoms with E-state index in [1.165, 1.54) is 0 Å². The van der Waals surface area contributed by atoms with E-state index in [1.54, 1.807) is 20.8 Å². The molecule has 6 heteroatoms. The first-order valence-corrected chi connectivity index (χ1v) is 7.47. The van der Waals surface area contributed by atoms with Crippen molar-refractivity contribution < 1.29 is 23.8 Å². The Labute approximate surface area is 126 Å². The van der Waals surface area contributed by atoms with Crippen LogP contribution < -0.4 is 5.32 Å². The van der Waals surface area contributed by atoms with Gasteiger partial charge in [0.15, 0.2) is 0 Å². The lowest BCUT2D eigenvalue weighted by Gasteiger charge is -2.27. The molecular weight excluding hydrogens is 274 g/mol. The predicted octanol–water partition coefficient (Wildman–Crippen LogP) is 2.26. The minimum absolute atomic E-state index is 0.0814. The average molecular weight is 301 g/mol. The molecule has 6 nitrogen and oxygen atoms in total. The van der Waals surface area contributed by atoms with Gasteiger partial charge < -0.3 is 19.5 Å². The Hall–Kier alpha value is -1.30. The van der Waals surface area contributed by atoms with Crippen LogP contribution in [-0.4, -0.2) is 43.0 Å². The number of amides is 1. The topological polar surface area (TPSA) is 73.9 Å². The van der Waals surface area contributed by atoms with Crippen molar-refractivity contribution in [3.8, 4) is 0 Å². The molecule has 0 aliphatic carbocycles. The van der Waals surface area contributed by atoms with Gasteiger partial charge in [-0.25, -0.2) is 9.59 Å². The lowest BCUT2D eigenvalue weighted by molar-refractivity contribution is -0.158.